The van der Waals surface area contributed by atoms with E-state index in [9.17, 15) is 4.79 Å². The number of amides is 1. The van der Waals surface area contributed by atoms with Gasteiger partial charge in [0.25, 0.3) is 5.91 Å². The van der Waals surface area contributed by atoms with E-state index in [-0.39, 0.29) is 11.9 Å². The lowest BCUT2D eigenvalue weighted by Crippen LogP contribution is -2.27. The highest BCUT2D eigenvalue weighted by molar-refractivity contribution is 5.96. The monoisotopic (exact) mass is 281 g/mol. The molecule has 0 heterocycles. The van der Waals surface area contributed by atoms with E-state index in [1.54, 1.807) is 0 Å². The molecule has 0 saturated carbocycles. The van der Waals surface area contributed by atoms with Gasteiger partial charge in [0.05, 0.1) is 6.04 Å². The maximum atomic E-state index is 12.5. The Balaban J connectivity index is 2.20. The molecular weight excluding hydrogens is 258 g/mol. The van der Waals surface area contributed by atoms with Crippen molar-refractivity contribution in [3.05, 3.63) is 69.8 Å². The molecule has 2 aromatic rings. The Kier molecular flexibility index (Phi) is 4.46. The topological polar surface area (TPSA) is 29.1 Å². The number of carbonyl (C=O) groups excluding carboxylic acids is 1. The highest BCUT2D eigenvalue weighted by Gasteiger charge is 2.14. The summed E-state index contributed by atoms with van der Waals surface area (Å²) in [5, 5.41) is 3.10. The molecule has 0 spiro atoms. The van der Waals surface area contributed by atoms with Crippen LogP contribution in [0.1, 0.15) is 51.1 Å². The van der Waals surface area contributed by atoms with Crippen molar-refractivity contribution in [1.82, 2.24) is 5.32 Å². The summed E-state index contributed by atoms with van der Waals surface area (Å²) in [7, 11) is 0. The van der Waals surface area contributed by atoms with Crippen LogP contribution in [0.4, 0.5) is 0 Å². The second-order valence-corrected chi connectivity index (χ2v) is 5.87. The van der Waals surface area contributed by atoms with Crippen LogP contribution in [0, 0.1) is 27.7 Å². The maximum Gasteiger partial charge on any atom is 0.252 e. The Morgan fingerprint density at radius 1 is 0.905 bits per heavy atom. The summed E-state index contributed by atoms with van der Waals surface area (Å²) in [4.78, 5) is 12.5. The smallest absolute Gasteiger partial charge is 0.252 e. The van der Waals surface area contributed by atoms with Crippen LogP contribution < -0.4 is 5.32 Å². The van der Waals surface area contributed by atoms with Crippen molar-refractivity contribution in [2.45, 2.75) is 40.7 Å². The minimum Gasteiger partial charge on any atom is -0.345 e. The molecule has 2 nitrogen and oxygen atoms in total. The molecule has 1 atom stereocenters. The summed E-state index contributed by atoms with van der Waals surface area (Å²) in [6, 6.07) is 12.3. The molecule has 0 aliphatic rings. The Morgan fingerprint density at radius 2 is 1.52 bits per heavy atom. The number of hydrogen-bond donors (Lipinski definition) is 1. The van der Waals surface area contributed by atoms with Crippen molar-refractivity contribution in [1.29, 1.82) is 0 Å². The van der Waals surface area contributed by atoms with Crippen molar-refractivity contribution in [2.24, 2.45) is 0 Å². The third-order valence-electron chi connectivity index (χ3n) is 3.88. The van der Waals surface area contributed by atoms with Crippen LogP contribution in [0.5, 0.6) is 0 Å². The molecule has 110 valence electrons. The van der Waals surface area contributed by atoms with E-state index in [1.807, 2.05) is 39.0 Å². The van der Waals surface area contributed by atoms with Crippen LogP contribution in [0.15, 0.2) is 36.4 Å². The fourth-order valence-corrected chi connectivity index (χ4v) is 2.64. The highest BCUT2D eigenvalue weighted by Crippen LogP contribution is 2.20. The van der Waals surface area contributed by atoms with E-state index in [1.165, 1.54) is 16.7 Å². The lowest BCUT2D eigenvalue weighted by Gasteiger charge is -2.18. The number of nitrogens with one attached hydrogen (secondary N) is 1. The molecule has 0 saturated heterocycles. The Bertz CT molecular complexity index is 673. The first-order chi connectivity index (χ1) is 9.88. The van der Waals surface area contributed by atoms with E-state index in [0.29, 0.717) is 0 Å². The first-order valence-electron chi connectivity index (χ1n) is 7.33. The lowest BCUT2D eigenvalue weighted by molar-refractivity contribution is 0.0939. The molecule has 0 aromatic heterocycles. The minimum absolute atomic E-state index is 0.00184. The molecule has 21 heavy (non-hydrogen) atoms. The average Bonchev–Trinajstić information content (AvgIpc) is 2.41. The predicted octanol–water partition coefficient (Wildman–Crippen LogP) is 4.41. The molecule has 2 rings (SSSR count). The van der Waals surface area contributed by atoms with Gasteiger partial charge in [0.15, 0.2) is 0 Å². The summed E-state index contributed by atoms with van der Waals surface area (Å²) in [5.74, 6) is -0.0105. The van der Waals surface area contributed by atoms with Crippen LogP contribution in [0.3, 0.4) is 0 Å². The number of aryl methyl sites for hydroxylation is 4. The largest absolute Gasteiger partial charge is 0.345 e. The second-order valence-electron chi connectivity index (χ2n) is 5.87. The first-order valence-corrected chi connectivity index (χ1v) is 7.33. The van der Waals surface area contributed by atoms with Gasteiger partial charge in [0.2, 0.25) is 0 Å². The standard InChI is InChI=1S/C19H23NO/c1-12-7-9-17(15(4)10-12)16(5)20-19(21)18-11-13(2)6-8-14(18)3/h6-11,16H,1-5H3,(H,20,21)/t16-/m0/s1. The van der Waals surface area contributed by atoms with Crippen molar-refractivity contribution >= 4 is 5.91 Å². The summed E-state index contributed by atoms with van der Waals surface area (Å²) in [6.07, 6.45) is 0. The van der Waals surface area contributed by atoms with Crippen molar-refractivity contribution in [3.63, 3.8) is 0 Å². The molecule has 0 unspecified atom stereocenters. The number of hydrogen-bond acceptors (Lipinski definition) is 1. The summed E-state index contributed by atoms with van der Waals surface area (Å²) in [5.41, 5.74) is 6.48. The molecule has 1 N–H and O–H groups in total. The summed E-state index contributed by atoms with van der Waals surface area (Å²) < 4.78 is 0. The van der Waals surface area contributed by atoms with Gasteiger partial charge in [-0.2, -0.15) is 0 Å². The Labute approximate surface area is 127 Å². The highest BCUT2D eigenvalue weighted by atomic mass is 16.1. The van der Waals surface area contributed by atoms with E-state index in [0.717, 1.165) is 16.7 Å². The molecule has 1 amide bonds. The number of benzene rings is 2. The fraction of sp³-hybridized carbons (Fsp3) is 0.316. The van der Waals surface area contributed by atoms with Crippen LogP contribution in [0.25, 0.3) is 0 Å². The van der Waals surface area contributed by atoms with Crippen LogP contribution in [-0.2, 0) is 0 Å². The first kappa shape index (κ1) is 15.3. The van der Waals surface area contributed by atoms with Gasteiger partial charge in [-0.1, -0.05) is 41.5 Å². The van der Waals surface area contributed by atoms with Gasteiger partial charge in [-0.25, -0.2) is 0 Å². The Hall–Kier alpha value is -2.09. The number of rotatable bonds is 3. The van der Waals surface area contributed by atoms with Gasteiger partial charge in [-0.05, 0) is 57.4 Å². The lowest BCUT2D eigenvalue weighted by atomic mass is 9.99. The molecular formula is C19H23NO. The molecule has 0 radical (unpaired) electrons. The molecule has 0 bridgehead atoms. The maximum absolute atomic E-state index is 12.5. The predicted molar refractivity (Wildman–Crippen MR) is 87.7 cm³/mol. The zero-order valence-electron chi connectivity index (χ0n) is 13.4. The normalized spacial score (nSPS) is 12.0. The van der Waals surface area contributed by atoms with Crippen molar-refractivity contribution in [2.75, 3.05) is 0 Å². The fourth-order valence-electron chi connectivity index (χ4n) is 2.64. The van der Waals surface area contributed by atoms with E-state index in [4.69, 9.17) is 0 Å². The van der Waals surface area contributed by atoms with Gasteiger partial charge in [-0.15, -0.1) is 0 Å². The van der Waals surface area contributed by atoms with Gasteiger partial charge in [0.1, 0.15) is 0 Å². The molecule has 0 aliphatic carbocycles. The van der Waals surface area contributed by atoms with E-state index in [2.05, 4.69) is 37.4 Å². The van der Waals surface area contributed by atoms with Gasteiger partial charge in [0, 0.05) is 5.56 Å². The molecule has 2 aromatic carbocycles. The average molecular weight is 281 g/mol. The van der Waals surface area contributed by atoms with E-state index < -0.39 is 0 Å². The molecule has 2 heteroatoms. The van der Waals surface area contributed by atoms with Crippen LogP contribution in [-0.4, -0.2) is 5.91 Å². The van der Waals surface area contributed by atoms with Gasteiger partial charge < -0.3 is 5.32 Å². The molecule has 0 fully saturated rings. The number of carbonyl (C=O) groups is 1. The quantitative estimate of drug-likeness (QED) is 0.887. The van der Waals surface area contributed by atoms with Crippen LogP contribution in [0.2, 0.25) is 0 Å². The summed E-state index contributed by atoms with van der Waals surface area (Å²) in [6.45, 7) is 10.2. The van der Waals surface area contributed by atoms with Crippen molar-refractivity contribution < 1.29 is 4.79 Å². The second kappa shape index (κ2) is 6.13. The third-order valence-corrected chi connectivity index (χ3v) is 3.88. The summed E-state index contributed by atoms with van der Waals surface area (Å²) >= 11 is 0. The minimum atomic E-state index is -0.0105. The van der Waals surface area contributed by atoms with E-state index >= 15 is 0 Å². The molecule has 0 aliphatic heterocycles. The zero-order chi connectivity index (χ0) is 15.6. The zero-order valence-corrected chi connectivity index (χ0v) is 13.4. The van der Waals surface area contributed by atoms with Crippen molar-refractivity contribution in [3.8, 4) is 0 Å². The van der Waals surface area contributed by atoms with Gasteiger partial charge >= 0.3 is 0 Å². The van der Waals surface area contributed by atoms with Crippen LogP contribution >= 0.6 is 0 Å². The third kappa shape index (κ3) is 3.52. The Morgan fingerprint density at radius 3 is 2.19 bits per heavy atom. The van der Waals surface area contributed by atoms with Gasteiger partial charge in [-0.3, -0.25) is 4.79 Å². The SMILES string of the molecule is Cc1ccc([C@H](C)NC(=O)c2cc(C)ccc2C)c(C)c1.